The standard InChI is InChI=1S/C13H12N/c1-10-6-5-7-12(11(10)2)13-8-3-4-9-14-13/h3-8H,1-2H3. The van der Waals surface area contributed by atoms with Gasteiger partial charge in [-0.15, -0.1) is 0 Å². The summed E-state index contributed by atoms with van der Waals surface area (Å²) in [7, 11) is 0. The van der Waals surface area contributed by atoms with Gasteiger partial charge in [0.05, 0.1) is 11.9 Å². The van der Waals surface area contributed by atoms with E-state index in [1.807, 2.05) is 18.2 Å². The van der Waals surface area contributed by atoms with Gasteiger partial charge in [-0.3, -0.25) is 0 Å². The summed E-state index contributed by atoms with van der Waals surface area (Å²) in [6, 6.07) is 12.1. The minimum Gasteiger partial charge on any atom is -0.246 e. The lowest BCUT2D eigenvalue weighted by Crippen LogP contribution is -1.88. The third-order valence-corrected chi connectivity index (χ3v) is 2.49. The fourth-order valence-electron chi connectivity index (χ4n) is 1.50. The number of hydrogen-bond acceptors (Lipinski definition) is 1. The van der Waals surface area contributed by atoms with Crippen LogP contribution >= 0.6 is 0 Å². The van der Waals surface area contributed by atoms with Gasteiger partial charge in [-0.05, 0) is 37.1 Å². The summed E-state index contributed by atoms with van der Waals surface area (Å²) >= 11 is 0. The van der Waals surface area contributed by atoms with Gasteiger partial charge in [-0.25, -0.2) is 4.98 Å². The van der Waals surface area contributed by atoms with Crippen LogP contribution < -0.4 is 0 Å². The quantitative estimate of drug-likeness (QED) is 0.660. The molecule has 1 nitrogen and oxygen atoms in total. The van der Waals surface area contributed by atoms with Gasteiger partial charge in [0.15, 0.2) is 0 Å². The van der Waals surface area contributed by atoms with E-state index in [1.165, 1.54) is 16.7 Å². The zero-order chi connectivity index (χ0) is 9.97. The van der Waals surface area contributed by atoms with Crippen LogP contribution in [0.15, 0.2) is 36.4 Å². The normalized spacial score (nSPS) is 10.1. The van der Waals surface area contributed by atoms with Crippen LogP contribution in [0.3, 0.4) is 0 Å². The molecular formula is C13H12N. The lowest BCUT2D eigenvalue weighted by molar-refractivity contribution is 1.27. The summed E-state index contributed by atoms with van der Waals surface area (Å²) in [5.41, 5.74) is 4.78. The van der Waals surface area contributed by atoms with E-state index in [4.69, 9.17) is 0 Å². The number of hydrogen-bond donors (Lipinski definition) is 0. The maximum absolute atomic E-state index is 4.23. The zero-order valence-corrected chi connectivity index (χ0v) is 8.41. The second kappa shape index (κ2) is 3.62. The molecule has 0 N–H and O–H groups in total. The molecule has 0 bridgehead atoms. The minimum atomic E-state index is 0.994. The Kier molecular flexibility index (Phi) is 2.32. The molecule has 2 rings (SSSR count). The van der Waals surface area contributed by atoms with Crippen LogP contribution in [0.25, 0.3) is 11.3 Å². The number of rotatable bonds is 1. The summed E-state index contributed by atoms with van der Waals surface area (Å²) in [5.74, 6) is 0. The van der Waals surface area contributed by atoms with Crippen molar-refractivity contribution in [3.8, 4) is 11.3 Å². The molecule has 0 fully saturated rings. The average molecular weight is 182 g/mol. The van der Waals surface area contributed by atoms with E-state index in [0.29, 0.717) is 0 Å². The molecule has 0 aliphatic carbocycles. The second-order valence-corrected chi connectivity index (χ2v) is 3.40. The lowest BCUT2D eigenvalue weighted by atomic mass is 10.0. The SMILES string of the molecule is Cc1cccc(-c2ccc[c]n2)c1C. The first-order valence-corrected chi connectivity index (χ1v) is 4.69. The van der Waals surface area contributed by atoms with E-state index in [0.717, 1.165) is 5.69 Å². The van der Waals surface area contributed by atoms with E-state index in [9.17, 15) is 0 Å². The zero-order valence-electron chi connectivity index (χ0n) is 8.41. The van der Waals surface area contributed by atoms with Crippen molar-refractivity contribution in [3.63, 3.8) is 0 Å². The molecule has 0 atom stereocenters. The molecule has 1 heterocycles. The molecule has 2 aromatic rings. The maximum Gasteiger partial charge on any atom is 0.0893 e. The Hall–Kier alpha value is -1.63. The Morgan fingerprint density at radius 1 is 1.07 bits per heavy atom. The molecule has 0 aliphatic rings. The Morgan fingerprint density at radius 3 is 2.64 bits per heavy atom. The first-order chi connectivity index (χ1) is 6.79. The number of aromatic nitrogens is 1. The van der Waals surface area contributed by atoms with Gasteiger partial charge >= 0.3 is 0 Å². The summed E-state index contributed by atoms with van der Waals surface area (Å²) in [5, 5.41) is 0. The Balaban J connectivity index is 2.58. The molecule has 1 radical (unpaired) electrons. The molecule has 0 spiro atoms. The van der Waals surface area contributed by atoms with Crippen LogP contribution in [0.1, 0.15) is 11.1 Å². The van der Waals surface area contributed by atoms with Crippen molar-refractivity contribution in [2.75, 3.05) is 0 Å². The van der Waals surface area contributed by atoms with Crippen molar-refractivity contribution >= 4 is 0 Å². The number of nitrogens with zero attached hydrogens (tertiary/aromatic N) is 1. The van der Waals surface area contributed by atoms with Gasteiger partial charge in [0.2, 0.25) is 0 Å². The van der Waals surface area contributed by atoms with Gasteiger partial charge in [0.1, 0.15) is 0 Å². The van der Waals surface area contributed by atoms with Crippen LogP contribution in [-0.2, 0) is 0 Å². The van der Waals surface area contributed by atoms with Crippen LogP contribution in [0, 0.1) is 20.0 Å². The predicted octanol–water partition coefficient (Wildman–Crippen LogP) is 3.17. The number of benzene rings is 1. The van der Waals surface area contributed by atoms with Crippen molar-refractivity contribution in [1.29, 1.82) is 0 Å². The van der Waals surface area contributed by atoms with Crippen molar-refractivity contribution in [2.24, 2.45) is 0 Å². The van der Waals surface area contributed by atoms with E-state index < -0.39 is 0 Å². The highest BCUT2D eigenvalue weighted by molar-refractivity contribution is 5.64. The van der Waals surface area contributed by atoms with Crippen LogP contribution in [0.5, 0.6) is 0 Å². The molecule has 1 aromatic heterocycles. The molecule has 69 valence electrons. The van der Waals surface area contributed by atoms with E-state index in [-0.39, 0.29) is 0 Å². The molecular weight excluding hydrogens is 170 g/mol. The predicted molar refractivity (Wildman–Crippen MR) is 58.0 cm³/mol. The summed E-state index contributed by atoms with van der Waals surface area (Å²) in [6.07, 6.45) is 2.86. The molecule has 0 aliphatic heterocycles. The third kappa shape index (κ3) is 1.53. The smallest absolute Gasteiger partial charge is 0.0893 e. The summed E-state index contributed by atoms with van der Waals surface area (Å²) in [4.78, 5) is 4.23. The Labute approximate surface area is 84.4 Å². The fraction of sp³-hybridized carbons (Fsp3) is 0.154. The highest BCUT2D eigenvalue weighted by atomic mass is 14.7. The van der Waals surface area contributed by atoms with Crippen LogP contribution in [0.2, 0.25) is 0 Å². The number of aryl methyl sites for hydroxylation is 1. The largest absolute Gasteiger partial charge is 0.246 e. The Morgan fingerprint density at radius 2 is 1.93 bits per heavy atom. The monoisotopic (exact) mass is 182 g/mol. The average Bonchev–Trinajstić information content (AvgIpc) is 2.23. The molecule has 1 heteroatoms. The first kappa shape index (κ1) is 8.95. The Bertz CT molecular complexity index is 432. The second-order valence-electron chi connectivity index (χ2n) is 3.40. The van der Waals surface area contributed by atoms with Gasteiger partial charge in [0.25, 0.3) is 0 Å². The first-order valence-electron chi connectivity index (χ1n) is 4.69. The summed E-state index contributed by atoms with van der Waals surface area (Å²) in [6.45, 7) is 4.24. The molecule has 0 saturated heterocycles. The van der Waals surface area contributed by atoms with E-state index >= 15 is 0 Å². The molecule has 0 amide bonds. The van der Waals surface area contributed by atoms with Crippen molar-refractivity contribution < 1.29 is 0 Å². The van der Waals surface area contributed by atoms with Crippen molar-refractivity contribution in [3.05, 3.63) is 53.7 Å². The highest BCUT2D eigenvalue weighted by Gasteiger charge is 2.03. The molecule has 0 unspecified atom stereocenters. The van der Waals surface area contributed by atoms with E-state index in [1.54, 1.807) is 0 Å². The summed E-state index contributed by atoms with van der Waals surface area (Å²) < 4.78 is 0. The maximum atomic E-state index is 4.23. The fourth-order valence-corrected chi connectivity index (χ4v) is 1.50. The van der Waals surface area contributed by atoms with Gasteiger partial charge in [0, 0.05) is 5.56 Å². The van der Waals surface area contributed by atoms with Gasteiger partial charge < -0.3 is 0 Å². The van der Waals surface area contributed by atoms with Crippen molar-refractivity contribution in [2.45, 2.75) is 13.8 Å². The topological polar surface area (TPSA) is 12.9 Å². The number of pyridine rings is 1. The van der Waals surface area contributed by atoms with Gasteiger partial charge in [-0.2, -0.15) is 0 Å². The van der Waals surface area contributed by atoms with Crippen LogP contribution in [0.4, 0.5) is 0 Å². The molecule has 0 saturated carbocycles. The lowest BCUT2D eigenvalue weighted by Gasteiger charge is -2.06. The minimum absolute atomic E-state index is 0.994. The van der Waals surface area contributed by atoms with E-state index in [2.05, 4.69) is 43.2 Å². The third-order valence-electron chi connectivity index (χ3n) is 2.49. The van der Waals surface area contributed by atoms with Crippen LogP contribution in [-0.4, -0.2) is 4.98 Å². The molecule has 14 heavy (non-hydrogen) atoms. The van der Waals surface area contributed by atoms with Gasteiger partial charge in [-0.1, -0.05) is 24.3 Å². The highest BCUT2D eigenvalue weighted by Crippen LogP contribution is 2.22. The van der Waals surface area contributed by atoms with Crippen molar-refractivity contribution in [1.82, 2.24) is 4.98 Å². The molecule has 1 aromatic carbocycles.